The molecule has 2 aliphatic rings. The SMILES string of the molecule is CC(C)[C@H](C(=O)N1CC(C)(N)C1)N1Cc2ccnc3[nH]cc(c23)C1=O. The fourth-order valence-electron chi connectivity index (χ4n) is 4.01. The van der Waals surface area contributed by atoms with Crippen LogP contribution in [0.1, 0.15) is 36.7 Å². The van der Waals surface area contributed by atoms with Crippen molar-refractivity contribution in [3.05, 3.63) is 29.6 Å². The predicted octanol–water partition coefficient (Wildman–Crippen LogP) is 1.10. The monoisotopic (exact) mass is 341 g/mol. The Morgan fingerprint density at radius 2 is 2.12 bits per heavy atom. The minimum Gasteiger partial charge on any atom is -0.345 e. The van der Waals surface area contributed by atoms with Crippen LogP contribution < -0.4 is 5.73 Å². The van der Waals surface area contributed by atoms with E-state index in [-0.39, 0.29) is 23.3 Å². The highest BCUT2D eigenvalue weighted by Crippen LogP contribution is 2.32. The van der Waals surface area contributed by atoms with Gasteiger partial charge in [0, 0.05) is 43.0 Å². The summed E-state index contributed by atoms with van der Waals surface area (Å²) in [6.07, 6.45) is 3.42. The van der Waals surface area contributed by atoms with Crippen LogP contribution in [-0.4, -0.2) is 56.3 Å². The number of nitrogens with two attached hydrogens (primary N) is 1. The minimum atomic E-state index is -0.491. The fraction of sp³-hybridized carbons (Fsp3) is 0.500. The number of pyridine rings is 1. The summed E-state index contributed by atoms with van der Waals surface area (Å²) in [5.74, 6) is -0.121. The number of carbonyl (C=O) groups excluding carboxylic acids is 2. The van der Waals surface area contributed by atoms with E-state index in [0.29, 0.717) is 25.2 Å². The number of carbonyl (C=O) groups is 2. The number of nitrogens with zero attached hydrogens (tertiary/aromatic N) is 3. The highest BCUT2D eigenvalue weighted by Gasteiger charge is 2.44. The molecule has 7 heteroatoms. The van der Waals surface area contributed by atoms with Crippen molar-refractivity contribution in [2.24, 2.45) is 11.7 Å². The van der Waals surface area contributed by atoms with Crippen LogP contribution in [0.4, 0.5) is 0 Å². The van der Waals surface area contributed by atoms with Gasteiger partial charge in [-0.2, -0.15) is 0 Å². The van der Waals surface area contributed by atoms with Crippen molar-refractivity contribution >= 4 is 22.8 Å². The second-order valence-corrected chi connectivity index (χ2v) is 7.87. The lowest BCUT2D eigenvalue weighted by Crippen LogP contribution is -2.69. The van der Waals surface area contributed by atoms with Crippen molar-refractivity contribution in [1.29, 1.82) is 0 Å². The maximum absolute atomic E-state index is 13.1. The molecule has 0 bridgehead atoms. The lowest BCUT2D eigenvalue weighted by molar-refractivity contribution is -0.145. The van der Waals surface area contributed by atoms with E-state index in [2.05, 4.69) is 9.97 Å². The largest absolute Gasteiger partial charge is 0.345 e. The lowest BCUT2D eigenvalue weighted by Gasteiger charge is -2.48. The molecule has 4 rings (SSSR count). The van der Waals surface area contributed by atoms with Crippen LogP contribution in [0.25, 0.3) is 11.0 Å². The zero-order valence-corrected chi connectivity index (χ0v) is 14.7. The molecular weight excluding hydrogens is 318 g/mol. The van der Waals surface area contributed by atoms with Crippen molar-refractivity contribution < 1.29 is 9.59 Å². The van der Waals surface area contributed by atoms with E-state index < -0.39 is 6.04 Å². The minimum absolute atomic E-state index is 0.0129. The molecule has 2 aromatic heterocycles. The molecule has 1 fully saturated rings. The number of nitrogens with one attached hydrogen (secondary N) is 1. The average molecular weight is 341 g/mol. The van der Waals surface area contributed by atoms with Crippen molar-refractivity contribution in [2.45, 2.75) is 38.9 Å². The van der Waals surface area contributed by atoms with E-state index in [9.17, 15) is 9.59 Å². The first-order valence-electron chi connectivity index (χ1n) is 8.62. The van der Waals surface area contributed by atoms with Gasteiger partial charge < -0.3 is 20.5 Å². The van der Waals surface area contributed by atoms with Crippen molar-refractivity contribution in [3.8, 4) is 0 Å². The second-order valence-electron chi connectivity index (χ2n) is 7.87. The van der Waals surface area contributed by atoms with Crippen LogP contribution in [0, 0.1) is 5.92 Å². The molecule has 132 valence electrons. The van der Waals surface area contributed by atoms with Gasteiger partial charge in [-0.3, -0.25) is 9.59 Å². The Labute approximate surface area is 146 Å². The first kappa shape index (κ1) is 16.1. The summed E-state index contributed by atoms with van der Waals surface area (Å²) >= 11 is 0. The van der Waals surface area contributed by atoms with Gasteiger partial charge in [0.05, 0.1) is 5.56 Å². The third-order valence-corrected chi connectivity index (χ3v) is 5.13. The topological polar surface area (TPSA) is 95.3 Å². The molecule has 0 unspecified atom stereocenters. The Bertz CT molecular complexity index is 861. The Hall–Kier alpha value is -2.41. The van der Waals surface area contributed by atoms with Crippen LogP contribution in [-0.2, 0) is 11.3 Å². The van der Waals surface area contributed by atoms with Gasteiger partial charge >= 0.3 is 0 Å². The molecule has 0 spiro atoms. The summed E-state index contributed by atoms with van der Waals surface area (Å²) in [4.78, 5) is 36.9. The van der Waals surface area contributed by atoms with E-state index >= 15 is 0 Å². The van der Waals surface area contributed by atoms with Gasteiger partial charge in [0.15, 0.2) is 0 Å². The van der Waals surface area contributed by atoms with Gasteiger partial charge in [0.2, 0.25) is 5.91 Å². The normalized spacial score (nSPS) is 20.1. The molecule has 0 saturated carbocycles. The summed E-state index contributed by atoms with van der Waals surface area (Å²) in [6.45, 7) is 7.38. The third-order valence-electron chi connectivity index (χ3n) is 5.13. The number of hydrogen-bond acceptors (Lipinski definition) is 4. The van der Waals surface area contributed by atoms with Gasteiger partial charge in [0.1, 0.15) is 11.7 Å². The van der Waals surface area contributed by atoms with Crippen LogP contribution in [0.3, 0.4) is 0 Å². The Morgan fingerprint density at radius 3 is 2.76 bits per heavy atom. The zero-order valence-electron chi connectivity index (χ0n) is 14.7. The molecule has 4 heterocycles. The van der Waals surface area contributed by atoms with Crippen LogP contribution in [0.2, 0.25) is 0 Å². The molecule has 25 heavy (non-hydrogen) atoms. The molecule has 2 amide bonds. The van der Waals surface area contributed by atoms with Gasteiger partial charge in [0.25, 0.3) is 5.91 Å². The Morgan fingerprint density at radius 1 is 1.40 bits per heavy atom. The quantitative estimate of drug-likeness (QED) is 0.874. The first-order chi connectivity index (χ1) is 11.8. The highest BCUT2D eigenvalue weighted by molar-refractivity contribution is 6.10. The standard InChI is InChI=1S/C18H23N5O2/c1-10(2)14(17(25)22-8-18(3,19)9-22)23-7-11-4-5-20-15-13(11)12(6-21-15)16(23)24/h4-6,10,14H,7-9,19H2,1-3H3,(H,20,21)/t14-/m1/s1. The van der Waals surface area contributed by atoms with Crippen LogP contribution in [0.5, 0.6) is 0 Å². The maximum atomic E-state index is 13.1. The number of H-pyrrole nitrogens is 1. The Kier molecular flexibility index (Phi) is 3.40. The predicted molar refractivity (Wildman–Crippen MR) is 93.8 cm³/mol. The summed E-state index contributed by atoms with van der Waals surface area (Å²) < 4.78 is 0. The number of hydrogen-bond donors (Lipinski definition) is 2. The van der Waals surface area contributed by atoms with E-state index in [1.165, 1.54) is 0 Å². The van der Waals surface area contributed by atoms with Crippen LogP contribution >= 0.6 is 0 Å². The van der Waals surface area contributed by atoms with E-state index in [0.717, 1.165) is 16.6 Å². The molecule has 0 aliphatic carbocycles. The number of amides is 2. The number of aromatic amines is 1. The molecular formula is C18H23N5O2. The number of likely N-dealkylation sites (tertiary alicyclic amines) is 1. The van der Waals surface area contributed by atoms with Crippen molar-refractivity contribution in [3.63, 3.8) is 0 Å². The maximum Gasteiger partial charge on any atom is 0.257 e. The highest BCUT2D eigenvalue weighted by atomic mass is 16.2. The van der Waals surface area contributed by atoms with Gasteiger partial charge in [-0.1, -0.05) is 13.8 Å². The molecule has 7 nitrogen and oxygen atoms in total. The summed E-state index contributed by atoms with van der Waals surface area (Å²) in [5.41, 5.74) is 8.05. The zero-order chi connectivity index (χ0) is 17.9. The molecule has 1 saturated heterocycles. The summed E-state index contributed by atoms with van der Waals surface area (Å²) in [6, 6.07) is 1.43. The fourth-order valence-corrected chi connectivity index (χ4v) is 4.01. The van der Waals surface area contributed by atoms with Crippen molar-refractivity contribution in [2.75, 3.05) is 13.1 Å². The molecule has 2 aromatic rings. The first-order valence-corrected chi connectivity index (χ1v) is 8.62. The van der Waals surface area contributed by atoms with Gasteiger partial charge in [-0.15, -0.1) is 0 Å². The van der Waals surface area contributed by atoms with Crippen LogP contribution in [0.15, 0.2) is 18.5 Å². The summed E-state index contributed by atoms with van der Waals surface area (Å²) in [5, 5.41) is 0.872. The van der Waals surface area contributed by atoms with Crippen molar-refractivity contribution in [1.82, 2.24) is 19.8 Å². The number of aromatic nitrogens is 2. The molecule has 1 atom stereocenters. The molecule has 0 aromatic carbocycles. The average Bonchev–Trinajstić information content (AvgIpc) is 2.95. The lowest BCUT2D eigenvalue weighted by atomic mass is 9.90. The van der Waals surface area contributed by atoms with Gasteiger partial charge in [-0.05, 0) is 24.5 Å². The molecule has 3 N–H and O–H groups in total. The van der Waals surface area contributed by atoms with Gasteiger partial charge in [-0.25, -0.2) is 4.98 Å². The van der Waals surface area contributed by atoms with E-state index in [1.807, 2.05) is 26.8 Å². The molecule has 0 radical (unpaired) electrons. The van der Waals surface area contributed by atoms with E-state index in [1.54, 1.807) is 22.2 Å². The summed E-state index contributed by atoms with van der Waals surface area (Å²) in [7, 11) is 0. The second kappa shape index (κ2) is 5.29. The smallest absolute Gasteiger partial charge is 0.257 e. The van der Waals surface area contributed by atoms with E-state index in [4.69, 9.17) is 5.73 Å². The third kappa shape index (κ3) is 2.41. The molecule has 2 aliphatic heterocycles. The number of rotatable bonds is 3. The Balaban J connectivity index is 1.67.